The third kappa shape index (κ3) is 3.98. The summed E-state index contributed by atoms with van der Waals surface area (Å²) in [6.07, 6.45) is 17.6. The normalized spacial score (nSPS) is 30.3. The Labute approximate surface area is 125 Å². The van der Waals surface area contributed by atoms with Crippen molar-refractivity contribution in [2.45, 2.75) is 89.1 Å². The smallest absolute Gasteiger partial charge is 0.0124 e. The van der Waals surface area contributed by atoms with Crippen molar-refractivity contribution in [2.75, 3.05) is 19.6 Å². The minimum Gasteiger partial charge on any atom is -0.314 e. The molecule has 0 bridgehead atoms. The van der Waals surface area contributed by atoms with Gasteiger partial charge in [0, 0.05) is 12.1 Å². The lowest BCUT2D eigenvalue weighted by molar-refractivity contribution is 0.187. The van der Waals surface area contributed by atoms with E-state index in [4.69, 9.17) is 0 Å². The van der Waals surface area contributed by atoms with Gasteiger partial charge in [-0.1, -0.05) is 32.1 Å². The predicted octanol–water partition coefficient (Wildman–Crippen LogP) is 3.95. The summed E-state index contributed by atoms with van der Waals surface area (Å²) in [6.45, 7) is 3.98. The molecule has 0 aromatic rings. The Balaban J connectivity index is 1.32. The minimum atomic E-state index is 0.841. The van der Waals surface area contributed by atoms with E-state index in [1.54, 1.807) is 0 Å². The molecular formula is C18H34N2. The fraction of sp³-hybridized carbons (Fsp3) is 1.00. The Hall–Kier alpha value is -0.0800. The van der Waals surface area contributed by atoms with Crippen LogP contribution in [0.25, 0.3) is 0 Å². The molecule has 1 aliphatic heterocycles. The molecule has 3 fully saturated rings. The van der Waals surface area contributed by atoms with Crippen LogP contribution in [0.5, 0.6) is 0 Å². The van der Waals surface area contributed by atoms with Crippen LogP contribution in [0.4, 0.5) is 0 Å². The lowest BCUT2D eigenvalue weighted by atomic mass is 9.95. The third-order valence-electron chi connectivity index (χ3n) is 6.02. The van der Waals surface area contributed by atoms with Crippen LogP contribution in [0.15, 0.2) is 0 Å². The number of nitrogens with zero attached hydrogens (tertiary/aromatic N) is 1. The molecule has 2 aliphatic carbocycles. The van der Waals surface area contributed by atoms with Crippen LogP contribution in [0.2, 0.25) is 0 Å². The fourth-order valence-corrected chi connectivity index (χ4v) is 4.90. The highest BCUT2D eigenvalue weighted by Gasteiger charge is 2.32. The molecule has 1 N–H and O–H groups in total. The van der Waals surface area contributed by atoms with Crippen molar-refractivity contribution in [3.63, 3.8) is 0 Å². The molecule has 116 valence electrons. The second-order valence-corrected chi connectivity index (χ2v) is 7.43. The SMILES string of the molecule is C1CCC(NCCCN2CCCC2C2CCCC2)CC1. The van der Waals surface area contributed by atoms with E-state index in [1.165, 1.54) is 96.7 Å². The van der Waals surface area contributed by atoms with E-state index in [-0.39, 0.29) is 0 Å². The highest BCUT2D eigenvalue weighted by molar-refractivity contribution is 4.87. The number of rotatable bonds is 6. The van der Waals surface area contributed by atoms with E-state index in [9.17, 15) is 0 Å². The van der Waals surface area contributed by atoms with E-state index >= 15 is 0 Å². The summed E-state index contributed by atoms with van der Waals surface area (Å²) in [7, 11) is 0. The van der Waals surface area contributed by atoms with E-state index in [2.05, 4.69) is 10.2 Å². The summed E-state index contributed by atoms with van der Waals surface area (Å²) in [5.74, 6) is 1.05. The van der Waals surface area contributed by atoms with E-state index < -0.39 is 0 Å². The van der Waals surface area contributed by atoms with Gasteiger partial charge >= 0.3 is 0 Å². The summed E-state index contributed by atoms with van der Waals surface area (Å²) < 4.78 is 0. The topological polar surface area (TPSA) is 15.3 Å². The van der Waals surface area contributed by atoms with Crippen LogP contribution < -0.4 is 5.32 Å². The van der Waals surface area contributed by atoms with E-state index in [0.717, 1.165) is 18.0 Å². The van der Waals surface area contributed by atoms with Gasteiger partial charge in [-0.2, -0.15) is 0 Å². The summed E-state index contributed by atoms with van der Waals surface area (Å²) in [5.41, 5.74) is 0. The van der Waals surface area contributed by atoms with Gasteiger partial charge < -0.3 is 10.2 Å². The summed E-state index contributed by atoms with van der Waals surface area (Å²) in [5, 5.41) is 3.80. The molecule has 0 aromatic carbocycles. The third-order valence-corrected chi connectivity index (χ3v) is 6.02. The first kappa shape index (κ1) is 14.8. The van der Waals surface area contributed by atoms with Gasteiger partial charge in [-0.3, -0.25) is 0 Å². The van der Waals surface area contributed by atoms with Crippen molar-refractivity contribution in [3.8, 4) is 0 Å². The summed E-state index contributed by atoms with van der Waals surface area (Å²) in [4.78, 5) is 2.83. The summed E-state index contributed by atoms with van der Waals surface area (Å²) in [6, 6.07) is 1.79. The van der Waals surface area contributed by atoms with Gasteiger partial charge in [0.25, 0.3) is 0 Å². The zero-order valence-electron chi connectivity index (χ0n) is 13.3. The van der Waals surface area contributed by atoms with Gasteiger partial charge in [0.2, 0.25) is 0 Å². The van der Waals surface area contributed by atoms with Crippen molar-refractivity contribution in [1.29, 1.82) is 0 Å². The van der Waals surface area contributed by atoms with Gasteiger partial charge in [0.15, 0.2) is 0 Å². The quantitative estimate of drug-likeness (QED) is 0.740. The Kier molecular flexibility index (Phi) is 5.78. The lowest BCUT2D eigenvalue weighted by Gasteiger charge is -2.30. The fourth-order valence-electron chi connectivity index (χ4n) is 4.90. The van der Waals surface area contributed by atoms with Crippen molar-refractivity contribution in [2.24, 2.45) is 5.92 Å². The lowest BCUT2D eigenvalue weighted by Crippen LogP contribution is -2.38. The molecule has 3 aliphatic rings. The van der Waals surface area contributed by atoms with Crippen molar-refractivity contribution >= 4 is 0 Å². The number of nitrogens with one attached hydrogen (secondary N) is 1. The van der Waals surface area contributed by atoms with Crippen LogP contribution in [-0.4, -0.2) is 36.6 Å². The molecule has 1 atom stereocenters. The molecule has 1 unspecified atom stereocenters. The zero-order valence-corrected chi connectivity index (χ0v) is 13.3. The second kappa shape index (κ2) is 7.79. The first-order chi connectivity index (χ1) is 9.93. The van der Waals surface area contributed by atoms with Gasteiger partial charge in [-0.05, 0) is 70.5 Å². The zero-order chi connectivity index (χ0) is 13.6. The van der Waals surface area contributed by atoms with Gasteiger partial charge in [-0.25, -0.2) is 0 Å². The average Bonchev–Trinajstić information content (AvgIpc) is 3.15. The van der Waals surface area contributed by atoms with Gasteiger partial charge in [-0.15, -0.1) is 0 Å². The predicted molar refractivity (Wildman–Crippen MR) is 86.0 cm³/mol. The molecule has 20 heavy (non-hydrogen) atoms. The Morgan fingerprint density at radius 1 is 0.800 bits per heavy atom. The first-order valence-corrected chi connectivity index (χ1v) is 9.41. The number of hydrogen-bond donors (Lipinski definition) is 1. The molecule has 0 aromatic heterocycles. The van der Waals surface area contributed by atoms with Crippen molar-refractivity contribution < 1.29 is 0 Å². The Morgan fingerprint density at radius 2 is 1.55 bits per heavy atom. The molecular weight excluding hydrogens is 244 g/mol. The maximum Gasteiger partial charge on any atom is 0.0124 e. The highest BCUT2D eigenvalue weighted by atomic mass is 15.2. The van der Waals surface area contributed by atoms with Crippen LogP contribution in [0.3, 0.4) is 0 Å². The van der Waals surface area contributed by atoms with E-state index in [0.29, 0.717) is 0 Å². The molecule has 2 nitrogen and oxygen atoms in total. The summed E-state index contributed by atoms with van der Waals surface area (Å²) >= 11 is 0. The first-order valence-electron chi connectivity index (χ1n) is 9.41. The Bertz CT molecular complexity index is 267. The molecule has 1 saturated heterocycles. The van der Waals surface area contributed by atoms with Crippen LogP contribution in [0.1, 0.15) is 77.0 Å². The Morgan fingerprint density at radius 3 is 2.35 bits per heavy atom. The maximum absolute atomic E-state index is 3.80. The molecule has 3 rings (SSSR count). The van der Waals surface area contributed by atoms with E-state index in [1.807, 2.05) is 0 Å². The molecule has 0 spiro atoms. The second-order valence-electron chi connectivity index (χ2n) is 7.43. The van der Waals surface area contributed by atoms with Crippen molar-refractivity contribution in [1.82, 2.24) is 10.2 Å². The van der Waals surface area contributed by atoms with Crippen LogP contribution in [0, 0.1) is 5.92 Å². The highest BCUT2D eigenvalue weighted by Crippen LogP contribution is 2.35. The van der Waals surface area contributed by atoms with Crippen LogP contribution >= 0.6 is 0 Å². The van der Waals surface area contributed by atoms with Crippen molar-refractivity contribution in [3.05, 3.63) is 0 Å². The monoisotopic (exact) mass is 278 g/mol. The molecule has 0 radical (unpaired) electrons. The largest absolute Gasteiger partial charge is 0.314 e. The molecule has 2 saturated carbocycles. The number of likely N-dealkylation sites (tertiary alicyclic amines) is 1. The minimum absolute atomic E-state index is 0.841. The van der Waals surface area contributed by atoms with Crippen LogP contribution in [-0.2, 0) is 0 Å². The number of hydrogen-bond acceptors (Lipinski definition) is 2. The van der Waals surface area contributed by atoms with Gasteiger partial charge in [0.05, 0.1) is 0 Å². The van der Waals surface area contributed by atoms with Gasteiger partial charge in [0.1, 0.15) is 0 Å². The molecule has 1 heterocycles. The average molecular weight is 278 g/mol. The molecule has 0 amide bonds. The standard InChI is InChI=1S/C18H34N2/c1-2-10-17(11-3-1)19-13-7-15-20-14-6-12-18(20)16-8-4-5-9-16/h16-19H,1-15H2. The molecule has 2 heteroatoms. The maximum atomic E-state index is 3.80.